The fraction of sp³-hybridized carbons (Fsp3) is 0.417. The van der Waals surface area contributed by atoms with Crippen LogP contribution in [0.2, 0.25) is 5.02 Å². The summed E-state index contributed by atoms with van der Waals surface area (Å²) in [7, 11) is 0. The van der Waals surface area contributed by atoms with Crippen LogP contribution in [0.4, 0.5) is 5.69 Å². The summed E-state index contributed by atoms with van der Waals surface area (Å²) in [6.07, 6.45) is -1.62. The second-order valence-electron chi connectivity index (χ2n) is 4.16. The fourth-order valence-corrected chi connectivity index (χ4v) is 2.00. The van der Waals surface area contributed by atoms with E-state index in [-0.39, 0.29) is 12.5 Å². The van der Waals surface area contributed by atoms with Crippen LogP contribution in [0.3, 0.4) is 0 Å². The van der Waals surface area contributed by atoms with Crippen molar-refractivity contribution in [3.63, 3.8) is 0 Å². The lowest BCUT2D eigenvalue weighted by Crippen LogP contribution is -2.48. The fourth-order valence-electron chi connectivity index (χ4n) is 1.84. The maximum atomic E-state index is 12.0. The first-order valence-electron chi connectivity index (χ1n) is 5.59. The number of β-amino-alcohol motifs (C(OH)–C–C–N with tert-alkyl or cyclic N) is 1. The predicted octanol–water partition coefficient (Wildman–Crippen LogP) is 0.807. The Hall–Kier alpha value is -1.30. The van der Waals surface area contributed by atoms with Crippen molar-refractivity contribution in [2.24, 2.45) is 0 Å². The van der Waals surface area contributed by atoms with E-state index in [0.717, 1.165) is 0 Å². The zero-order valence-electron chi connectivity index (χ0n) is 9.84. The van der Waals surface area contributed by atoms with Crippen LogP contribution in [0.1, 0.15) is 6.92 Å². The van der Waals surface area contributed by atoms with Crippen LogP contribution < -0.4 is 9.64 Å². The van der Waals surface area contributed by atoms with Gasteiger partial charge in [-0.15, -0.1) is 0 Å². The Balaban J connectivity index is 2.37. The first-order chi connectivity index (χ1) is 8.52. The Kier molecular flexibility index (Phi) is 3.75. The molecule has 6 heteroatoms. The number of hydrogen-bond acceptors (Lipinski definition) is 4. The molecule has 0 saturated carbocycles. The number of carbonyl (C=O) groups excluding carboxylic acids is 1. The molecule has 18 heavy (non-hydrogen) atoms. The molecule has 0 saturated heterocycles. The minimum atomic E-state index is -0.994. The van der Waals surface area contributed by atoms with Gasteiger partial charge in [-0.2, -0.15) is 0 Å². The smallest absolute Gasteiger partial charge is 0.267 e. The number of amides is 1. The van der Waals surface area contributed by atoms with E-state index in [4.69, 9.17) is 21.4 Å². The third kappa shape index (κ3) is 2.43. The van der Waals surface area contributed by atoms with Gasteiger partial charge in [0, 0.05) is 5.02 Å². The van der Waals surface area contributed by atoms with Crippen LogP contribution in [-0.2, 0) is 4.79 Å². The maximum absolute atomic E-state index is 12.0. The van der Waals surface area contributed by atoms with Crippen molar-refractivity contribution in [2.75, 3.05) is 18.1 Å². The monoisotopic (exact) mass is 271 g/mol. The van der Waals surface area contributed by atoms with Gasteiger partial charge in [-0.3, -0.25) is 4.79 Å². The molecule has 1 heterocycles. The highest BCUT2D eigenvalue weighted by Gasteiger charge is 2.32. The third-order valence-corrected chi connectivity index (χ3v) is 2.97. The number of ether oxygens (including phenoxy) is 1. The number of carbonyl (C=O) groups is 1. The van der Waals surface area contributed by atoms with E-state index in [2.05, 4.69) is 0 Å². The first-order valence-corrected chi connectivity index (χ1v) is 5.97. The molecule has 1 aromatic rings. The molecule has 1 aliphatic heterocycles. The van der Waals surface area contributed by atoms with Crippen LogP contribution in [-0.4, -0.2) is 41.5 Å². The van der Waals surface area contributed by atoms with Gasteiger partial charge in [0.1, 0.15) is 5.75 Å². The maximum Gasteiger partial charge on any atom is 0.267 e. The topological polar surface area (TPSA) is 70.0 Å². The van der Waals surface area contributed by atoms with Gasteiger partial charge < -0.3 is 19.8 Å². The first kappa shape index (κ1) is 13.1. The summed E-state index contributed by atoms with van der Waals surface area (Å²) in [5.41, 5.74) is 0.512. The SMILES string of the molecule is C[C@@H]1Oc2ccc(Cl)cc2N(C[C@@H](O)CO)C1=O. The van der Waals surface area contributed by atoms with E-state index in [1.54, 1.807) is 25.1 Å². The van der Waals surface area contributed by atoms with Gasteiger partial charge in [0.15, 0.2) is 6.10 Å². The summed E-state index contributed by atoms with van der Waals surface area (Å²) in [5, 5.41) is 18.8. The number of aliphatic hydroxyl groups is 2. The Morgan fingerprint density at radius 2 is 2.28 bits per heavy atom. The molecule has 1 aliphatic rings. The molecular formula is C12H14ClNO4. The summed E-state index contributed by atoms with van der Waals surface area (Å²) in [5.74, 6) is 0.272. The Bertz CT molecular complexity index is 465. The number of halogens is 1. The molecule has 0 unspecified atom stereocenters. The molecule has 98 valence electrons. The van der Waals surface area contributed by atoms with Crippen molar-refractivity contribution in [2.45, 2.75) is 19.1 Å². The van der Waals surface area contributed by atoms with Gasteiger partial charge in [0.05, 0.1) is 24.9 Å². The van der Waals surface area contributed by atoms with Crippen molar-refractivity contribution in [3.8, 4) is 5.75 Å². The summed E-state index contributed by atoms with van der Waals surface area (Å²) in [4.78, 5) is 13.4. The Morgan fingerprint density at radius 3 is 2.94 bits per heavy atom. The summed E-state index contributed by atoms with van der Waals surface area (Å²) >= 11 is 5.89. The molecule has 0 aliphatic carbocycles. The molecule has 1 amide bonds. The van der Waals surface area contributed by atoms with Crippen LogP contribution in [0.5, 0.6) is 5.75 Å². The highest BCUT2D eigenvalue weighted by atomic mass is 35.5. The van der Waals surface area contributed by atoms with Crippen molar-refractivity contribution in [3.05, 3.63) is 23.2 Å². The number of fused-ring (bicyclic) bond motifs is 1. The van der Waals surface area contributed by atoms with E-state index in [1.165, 1.54) is 4.90 Å². The van der Waals surface area contributed by atoms with Crippen LogP contribution >= 0.6 is 11.6 Å². The molecule has 5 nitrogen and oxygen atoms in total. The van der Waals surface area contributed by atoms with Gasteiger partial charge in [-0.05, 0) is 25.1 Å². The third-order valence-electron chi connectivity index (χ3n) is 2.73. The number of benzene rings is 1. The number of rotatable bonds is 3. The average Bonchev–Trinajstić information content (AvgIpc) is 2.35. The highest BCUT2D eigenvalue weighted by molar-refractivity contribution is 6.31. The molecular weight excluding hydrogens is 258 g/mol. The Labute approximate surface area is 110 Å². The molecule has 2 N–H and O–H groups in total. The zero-order chi connectivity index (χ0) is 13.3. The lowest BCUT2D eigenvalue weighted by Gasteiger charge is -2.34. The molecule has 0 aromatic heterocycles. The van der Waals surface area contributed by atoms with Gasteiger partial charge in [-0.1, -0.05) is 11.6 Å². The molecule has 1 aromatic carbocycles. The molecule has 0 radical (unpaired) electrons. The number of aliphatic hydroxyl groups excluding tert-OH is 2. The van der Waals surface area contributed by atoms with Gasteiger partial charge in [0.25, 0.3) is 5.91 Å². The summed E-state index contributed by atoms with van der Waals surface area (Å²) in [6, 6.07) is 4.95. The van der Waals surface area contributed by atoms with Crippen molar-refractivity contribution in [1.29, 1.82) is 0 Å². The van der Waals surface area contributed by atoms with Crippen LogP contribution in [0.15, 0.2) is 18.2 Å². The normalized spacial score (nSPS) is 20.3. The number of nitrogens with zero attached hydrogens (tertiary/aromatic N) is 1. The zero-order valence-corrected chi connectivity index (χ0v) is 10.6. The van der Waals surface area contributed by atoms with Gasteiger partial charge in [0.2, 0.25) is 0 Å². The van der Waals surface area contributed by atoms with E-state index >= 15 is 0 Å². The average molecular weight is 272 g/mol. The number of hydrogen-bond donors (Lipinski definition) is 2. The Morgan fingerprint density at radius 1 is 1.56 bits per heavy atom. The standard InChI is InChI=1S/C12H14ClNO4/c1-7-12(17)14(5-9(16)6-15)10-4-8(13)2-3-11(10)18-7/h2-4,7,9,15-16H,5-6H2,1H3/t7-,9+/m0/s1. The minimum absolute atomic E-state index is 0.0103. The second-order valence-corrected chi connectivity index (χ2v) is 4.59. The van der Waals surface area contributed by atoms with E-state index < -0.39 is 18.8 Å². The van der Waals surface area contributed by atoms with Crippen molar-refractivity contribution >= 4 is 23.2 Å². The molecule has 2 atom stereocenters. The molecule has 0 spiro atoms. The van der Waals surface area contributed by atoms with Crippen molar-refractivity contribution in [1.82, 2.24) is 0 Å². The van der Waals surface area contributed by atoms with E-state index in [0.29, 0.717) is 16.5 Å². The largest absolute Gasteiger partial charge is 0.479 e. The minimum Gasteiger partial charge on any atom is -0.479 e. The van der Waals surface area contributed by atoms with Gasteiger partial charge >= 0.3 is 0 Å². The molecule has 0 bridgehead atoms. The molecule has 2 rings (SSSR count). The summed E-state index contributed by atoms with van der Waals surface area (Å²) < 4.78 is 5.45. The van der Waals surface area contributed by atoms with Gasteiger partial charge in [-0.25, -0.2) is 0 Å². The van der Waals surface area contributed by atoms with Crippen LogP contribution in [0.25, 0.3) is 0 Å². The van der Waals surface area contributed by atoms with E-state index in [9.17, 15) is 9.90 Å². The quantitative estimate of drug-likeness (QED) is 0.853. The molecule has 0 fully saturated rings. The second kappa shape index (κ2) is 5.14. The summed E-state index contributed by atoms with van der Waals surface area (Å²) in [6.45, 7) is 1.24. The van der Waals surface area contributed by atoms with E-state index in [1.807, 2.05) is 0 Å². The highest BCUT2D eigenvalue weighted by Crippen LogP contribution is 2.36. The number of anilines is 1. The van der Waals surface area contributed by atoms with Crippen LogP contribution in [0, 0.1) is 0 Å². The predicted molar refractivity (Wildman–Crippen MR) is 67.0 cm³/mol. The van der Waals surface area contributed by atoms with Crippen molar-refractivity contribution < 1.29 is 19.7 Å². The lowest BCUT2D eigenvalue weighted by atomic mass is 10.1. The lowest BCUT2D eigenvalue weighted by molar-refractivity contribution is -0.126.